The van der Waals surface area contributed by atoms with Gasteiger partial charge in [-0.25, -0.2) is 0 Å². The van der Waals surface area contributed by atoms with Gasteiger partial charge in [0.15, 0.2) is 0 Å². The predicted octanol–water partition coefficient (Wildman–Crippen LogP) is 5.92. The Morgan fingerprint density at radius 2 is 1.44 bits per heavy atom. The van der Waals surface area contributed by atoms with Gasteiger partial charge in [-0.05, 0) is 61.1 Å². The lowest BCUT2D eigenvalue weighted by Crippen LogP contribution is -2.42. The fourth-order valence-corrected chi connectivity index (χ4v) is 5.74. The smallest absolute Gasteiger partial charge is 0.207 e. The van der Waals surface area contributed by atoms with E-state index in [4.69, 9.17) is 11.6 Å². The molecule has 1 aliphatic rings. The van der Waals surface area contributed by atoms with Crippen LogP contribution in [0.3, 0.4) is 0 Å². The fraction of sp³-hybridized carbons (Fsp3) is 0.387. The number of hydrogen-bond acceptors (Lipinski definition) is 3. The molecule has 0 atom stereocenters. The standard InChI is InChI=1S/C31H37ClN2O2/c32-29-16-14-28(15-17-29)31(36)19-22-34(23-20-31)21-9-3-8-18-30(24-33-25-35,26-10-4-1-5-11-26)27-12-6-2-7-13-27/h1-2,4-7,10-17,25,36H,3,8-9,18-24H2,(H,33,35). The summed E-state index contributed by atoms with van der Waals surface area (Å²) in [5.74, 6) is 0. The van der Waals surface area contributed by atoms with E-state index in [0.717, 1.165) is 70.1 Å². The summed E-state index contributed by atoms with van der Waals surface area (Å²) in [6.45, 7) is 3.44. The average molecular weight is 505 g/mol. The lowest BCUT2D eigenvalue weighted by atomic mass is 9.71. The van der Waals surface area contributed by atoms with Crippen molar-refractivity contribution in [1.82, 2.24) is 10.2 Å². The first-order chi connectivity index (χ1) is 17.6. The molecule has 1 heterocycles. The highest BCUT2D eigenvalue weighted by Crippen LogP contribution is 2.37. The van der Waals surface area contributed by atoms with Crippen molar-refractivity contribution in [1.29, 1.82) is 0 Å². The Morgan fingerprint density at radius 3 is 2.00 bits per heavy atom. The minimum absolute atomic E-state index is 0.246. The highest BCUT2D eigenvalue weighted by Gasteiger charge is 2.35. The number of rotatable bonds is 12. The van der Waals surface area contributed by atoms with Crippen molar-refractivity contribution >= 4 is 18.0 Å². The molecule has 4 rings (SSSR count). The number of nitrogens with zero attached hydrogens (tertiary/aromatic N) is 1. The van der Waals surface area contributed by atoms with E-state index in [1.54, 1.807) is 0 Å². The maximum Gasteiger partial charge on any atom is 0.207 e. The van der Waals surface area contributed by atoms with Gasteiger partial charge < -0.3 is 15.3 Å². The molecule has 1 fully saturated rings. The number of unbranched alkanes of at least 4 members (excludes halogenated alkanes) is 2. The molecule has 3 aromatic rings. The van der Waals surface area contributed by atoms with Crippen molar-refractivity contribution in [2.24, 2.45) is 0 Å². The van der Waals surface area contributed by atoms with Crippen LogP contribution in [0.4, 0.5) is 0 Å². The van der Waals surface area contributed by atoms with E-state index in [1.807, 2.05) is 36.4 Å². The maximum atomic E-state index is 11.3. The van der Waals surface area contributed by atoms with Crippen LogP contribution in [0, 0.1) is 0 Å². The second-order valence-corrected chi connectivity index (χ2v) is 10.4. The first-order valence-corrected chi connectivity index (χ1v) is 13.4. The third kappa shape index (κ3) is 6.36. The molecule has 0 saturated carbocycles. The number of nitrogens with one attached hydrogen (secondary N) is 1. The molecule has 4 nitrogen and oxygen atoms in total. The molecule has 190 valence electrons. The number of amides is 1. The molecular formula is C31H37ClN2O2. The Morgan fingerprint density at radius 1 is 0.861 bits per heavy atom. The zero-order valence-electron chi connectivity index (χ0n) is 20.9. The van der Waals surface area contributed by atoms with Crippen molar-refractivity contribution in [3.05, 3.63) is 107 Å². The molecule has 5 heteroatoms. The first kappa shape index (κ1) is 26.4. The second-order valence-electron chi connectivity index (χ2n) is 10.0. The van der Waals surface area contributed by atoms with Crippen molar-refractivity contribution in [2.45, 2.75) is 49.5 Å². The van der Waals surface area contributed by atoms with Crippen molar-refractivity contribution < 1.29 is 9.90 Å². The van der Waals surface area contributed by atoms with Gasteiger partial charge in [0.05, 0.1) is 5.60 Å². The summed E-state index contributed by atoms with van der Waals surface area (Å²) in [6.07, 6.45) is 6.60. The summed E-state index contributed by atoms with van der Waals surface area (Å²) in [5, 5.41) is 14.8. The van der Waals surface area contributed by atoms with Gasteiger partial charge in [-0.3, -0.25) is 4.79 Å². The quantitative estimate of drug-likeness (QED) is 0.238. The molecule has 0 radical (unpaired) electrons. The van der Waals surface area contributed by atoms with Crippen LogP contribution in [0.25, 0.3) is 0 Å². The summed E-state index contributed by atoms with van der Waals surface area (Å²) >= 11 is 6.02. The molecule has 0 bridgehead atoms. The molecule has 1 amide bonds. The molecular weight excluding hydrogens is 468 g/mol. The van der Waals surface area contributed by atoms with Crippen LogP contribution in [0.2, 0.25) is 5.02 Å². The first-order valence-electron chi connectivity index (χ1n) is 13.0. The van der Waals surface area contributed by atoms with E-state index < -0.39 is 5.60 Å². The van der Waals surface area contributed by atoms with Crippen molar-refractivity contribution in [2.75, 3.05) is 26.2 Å². The Hall–Kier alpha value is -2.66. The molecule has 0 spiro atoms. The summed E-state index contributed by atoms with van der Waals surface area (Å²) < 4.78 is 0. The fourth-order valence-electron chi connectivity index (χ4n) is 5.61. The van der Waals surface area contributed by atoms with E-state index in [9.17, 15) is 9.90 Å². The molecule has 3 aromatic carbocycles. The molecule has 1 saturated heterocycles. The van der Waals surface area contributed by atoms with Crippen LogP contribution in [0.5, 0.6) is 0 Å². The summed E-state index contributed by atoms with van der Waals surface area (Å²) in [6, 6.07) is 28.7. The van der Waals surface area contributed by atoms with Gasteiger partial charge in [-0.15, -0.1) is 0 Å². The number of piperidine rings is 1. The van der Waals surface area contributed by atoms with Crippen LogP contribution in [-0.4, -0.2) is 42.6 Å². The second kappa shape index (κ2) is 12.5. The van der Waals surface area contributed by atoms with Crippen LogP contribution >= 0.6 is 11.6 Å². The normalized spacial score (nSPS) is 15.9. The van der Waals surface area contributed by atoms with E-state index in [0.29, 0.717) is 11.6 Å². The number of carbonyl (C=O) groups excluding carboxylic acids is 1. The lowest BCUT2D eigenvalue weighted by molar-refractivity contribution is -0.109. The third-order valence-electron chi connectivity index (χ3n) is 7.78. The Bertz CT molecular complexity index is 1030. The predicted molar refractivity (Wildman–Crippen MR) is 147 cm³/mol. The van der Waals surface area contributed by atoms with E-state index in [2.05, 4.69) is 58.7 Å². The molecule has 1 aliphatic heterocycles. The van der Waals surface area contributed by atoms with Crippen LogP contribution < -0.4 is 5.32 Å². The number of carbonyl (C=O) groups is 1. The number of halogens is 1. The minimum atomic E-state index is -0.752. The van der Waals surface area contributed by atoms with Gasteiger partial charge in [0, 0.05) is 30.1 Å². The van der Waals surface area contributed by atoms with Gasteiger partial charge in [0.2, 0.25) is 6.41 Å². The highest BCUT2D eigenvalue weighted by molar-refractivity contribution is 6.30. The molecule has 0 aliphatic carbocycles. The van der Waals surface area contributed by atoms with Crippen LogP contribution in [-0.2, 0) is 15.8 Å². The van der Waals surface area contributed by atoms with Crippen molar-refractivity contribution in [3.63, 3.8) is 0 Å². The summed E-state index contributed by atoms with van der Waals surface area (Å²) in [7, 11) is 0. The minimum Gasteiger partial charge on any atom is -0.385 e. The Labute approximate surface area is 220 Å². The van der Waals surface area contributed by atoms with E-state index >= 15 is 0 Å². The number of hydrogen-bond donors (Lipinski definition) is 2. The van der Waals surface area contributed by atoms with Gasteiger partial charge in [0.1, 0.15) is 0 Å². The van der Waals surface area contributed by atoms with Gasteiger partial charge >= 0.3 is 0 Å². The molecule has 2 N–H and O–H groups in total. The zero-order valence-corrected chi connectivity index (χ0v) is 21.7. The molecule has 36 heavy (non-hydrogen) atoms. The summed E-state index contributed by atoms with van der Waals surface area (Å²) in [4.78, 5) is 13.7. The van der Waals surface area contributed by atoms with Crippen LogP contribution in [0.1, 0.15) is 55.2 Å². The maximum absolute atomic E-state index is 11.3. The third-order valence-corrected chi connectivity index (χ3v) is 8.03. The topological polar surface area (TPSA) is 52.6 Å². The number of benzene rings is 3. The van der Waals surface area contributed by atoms with E-state index in [-0.39, 0.29) is 5.41 Å². The zero-order chi connectivity index (χ0) is 25.3. The Kier molecular flexibility index (Phi) is 9.19. The van der Waals surface area contributed by atoms with Crippen molar-refractivity contribution in [3.8, 4) is 0 Å². The van der Waals surface area contributed by atoms with Gasteiger partial charge in [-0.1, -0.05) is 97.2 Å². The summed E-state index contributed by atoms with van der Waals surface area (Å²) in [5.41, 5.74) is 2.45. The van der Waals surface area contributed by atoms with Gasteiger partial charge in [-0.2, -0.15) is 0 Å². The highest BCUT2D eigenvalue weighted by atomic mass is 35.5. The monoisotopic (exact) mass is 504 g/mol. The number of aliphatic hydroxyl groups is 1. The SMILES string of the molecule is O=CNCC(CCCCCN1CCC(O)(c2ccc(Cl)cc2)CC1)(c1ccccc1)c1ccccc1. The Balaban J connectivity index is 1.32. The average Bonchev–Trinajstić information content (AvgIpc) is 2.93. The van der Waals surface area contributed by atoms with Crippen LogP contribution in [0.15, 0.2) is 84.9 Å². The lowest BCUT2D eigenvalue weighted by Gasteiger charge is -2.38. The molecule has 0 aromatic heterocycles. The van der Waals surface area contributed by atoms with E-state index in [1.165, 1.54) is 11.1 Å². The number of likely N-dealkylation sites (tertiary alicyclic amines) is 1. The molecule has 0 unspecified atom stereocenters. The largest absolute Gasteiger partial charge is 0.385 e. The van der Waals surface area contributed by atoms with Gasteiger partial charge in [0.25, 0.3) is 0 Å².